The monoisotopic (exact) mass is 371 g/mol. The Labute approximate surface area is 148 Å². The molecule has 1 heterocycles. The second kappa shape index (κ2) is 8.20. The summed E-state index contributed by atoms with van der Waals surface area (Å²) in [6.07, 6.45) is -3.68. The van der Waals surface area contributed by atoms with Crippen LogP contribution in [0.1, 0.15) is 31.2 Å². The van der Waals surface area contributed by atoms with Crippen LogP contribution in [-0.4, -0.2) is 35.7 Å². The van der Waals surface area contributed by atoms with Crippen LogP contribution in [0.4, 0.5) is 18.9 Å². The van der Waals surface area contributed by atoms with Crippen molar-refractivity contribution in [3.63, 3.8) is 0 Å². The Kier molecular flexibility index (Phi) is 6.23. The number of likely N-dealkylation sites (tertiary alicyclic amines) is 1. The second-order valence-corrected chi connectivity index (χ2v) is 6.18. The number of nitrogens with one attached hydrogen (secondary N) is 1. The number of carbonyl (C=O) groups excluding carboxylic acids is 3. The minimum absolute atomic E-state index is 0.0274. The zero-order valence-corrected chi connectivity index (χ0v) is 14.0. The predicted molar refractivity (Wildman–Crippen MR) is 87.8 cm³/mol. The van der Waals surface area contributed by atoms with Crippen molar-refractivity contribution in [2.45, 2.75) is 31.9 Å². The number of primary amides is 1. The van der Waals surface area contributed by atoms with Crippen LogP contribution < -0.4 is 11.1 Å². The number of nitrogens with zero attached hydrogens (tertiary/aromatic N) is 1. The Morgan fingerprint density at radius 1 is 1.15 bits per heavy atom. The zero-order valence-electron chi connectivity index (χ0n) is 14.0. The van der Waals surface area contributed by atoms with Crippen molar-refractivity contribution in [2.24, 2.45) is 11.7 Å². The Morgan fingerprint density at radius 3 is 2.38 bits per heavy atom. The molecule has 0 bridgehead atoms. The predicted octanol–water partition coefficient (Wildman–Crippen LogP) is 2.15. The molecule has 1 aliphatic rings. The molecule has 6 nitrogen and oxygen atoms in total. The fourth-order valence-electron chi connectivity index (χ4n) is 2.79. The molecule has 0 saturated carbocycles. The van der Waals surface area contributed by atoms with Crippen molar-refractivity contribution in [1.82, 2.24) is 4.90 Å². The fraction of sp³-hybridized carbons (Fsp3) is 0.471. The molecule has 0 aromatic heterocycles. The molecule has 2 rings (SSSR count). The van der Waals surface area contributed by atoms with Gasteiger partial charge in [-0.2, -0.15) is 13.2 Å². The Hall–Kier alpha value is -2.58. The van der Waals surface area contributed by atoms with Gasteiger partial charge in [-0.3, -0.25) is 14.4 Å². The summed E-state index contributed by atoms with van der Waals surface area (Å²) in [5.41, 5.74) is 4.40. The van der Waals surface area contributed by atoms with Gasteiger partial charge in [-0.05, 0) is 31.0 Å². The molecule has 1 aliphatic heterocycles. The number of hydrogen-bond acceptors (Lipinski definition) is 3. The summed E-state index contributed by atoms with van der Waals surface area (Å²) in [4.78, 5) is 36.6. The molecule has 26 heavy (non-hydrogen) atoms. The quantitative estimate of drug-likeness (QED) is 0.831. The van der Waals surface area contributed by atoms with Gasteiger partial charge in [-0.1, -0.05) is 6.07 Å². The zero-order chi connectivity index (χ0) is 19.3. The maximum atomic E-state index is 12.7. The smallest absolute Gasteiger partial charge is 0.369 e. The summed E-state index contributed by atoms with van der Waals surface area (Å²) >= 11 is 0. The van der Waals surface area contributed by atoms with Gasteiger partial charge < -0.3 is 16.0 Å². The van der Waals surface area contributed by atoms with Crippen LogP contribution in [0.2, 0.25) is 0 Å². The molecule has 1 aromatic rings. The minimum Gasteiger partial charge on any atom is -0.369 e. The Morgan fingerprint density at radius 2 is 1.81 bits per heavy atom. The first kappa shape index (κ1) is 19.7. The normalized spacial score (nSPS) is 15.6. The lowest BCUT2D eigenvalue weighted by molar-refractivity contribution is -0.137. The molecule has 1 fully saturated rings. The van der Waals surface area contributed by atoms with Crippen molar-refractivity contribution in [2.75, 3.05) is 18.4 Å². The number of hydrogen-bond donors (Lipinski definition) is 2. The number of alkyl halides is 3. The van der Waals surface area contributed by atoms with Gasteiger partial charge in [0.05, 0.1) is 5.56 Å². The molecule has 3 N–H and O–H groups in total. The summed E-state index contributed by atoms with van der Waals surface area (Å²) in [6, 6.07) is 4.30. The molecular weight excluding hydrogens is 351 g/mol. The van der Waals surface area contributed by atoms with E-state index in [2.05, 4.69) is 5.32 Å². The van der Waals surface area contributed by atoms with E-state index in [1.165, 1.54) is 12.1 Å². The van der Waals surface area contributed by atoms with Gasteiger partial charge in [0.2, 0.25) is 17.7 Å². The van der Waals surface area contributed by atoms with Crippen molar-refractivity contribution in [1.29, 1.82) is 0 Å². The number of nitrogens with two attached hydrogens (primary N) is 1. The van der Waals surface area contributed by atoms with Gasteiger partial charge in [0.15, 0.2) is 0 Å². The van der Waals surface area contributed by atoms with Crippen LogP contribution in [0, 0.1) is 5.92 Å². The van der Waals surface area contributed by atoms with Crippen LogP contribution in [0.5, 0.6) is 0 Å². The molecule has 0 atom stereocenters. The average molecular weight is 371 g/mol. The molecule has 9 heteroatoms. The van der Waals surface area contributed by atoms with Crippen LogP contribution in [0.25, 0.3) is 0 Å². The molecule has 1 aromatic carbocycles. The van der Waals surface area contributed by atoms with Gasteiger partial charge >= 0.3 is 6.18 Å². The van der Waals surface area contributed by atoms with Gasteiger partial charge in [0.1, 0.15) is 0 Å². The van der Waals surface area contributed by atoms with Crippen molar-refractivity contribution >= 4 is 23.4 Å². The molecule has 0 spiro atoms. The Bertz CT molecular complexity index is 683. The summed E-state index contributed by atoms with van der Waals surface area (Å²) in [6.45, 7) is 0.809. The van der Waals surface area contributed by atoms with E-state index in [0.29, 0.717) is 25.9 Å². The van der Waals surface area contributed by atoms with E-state index in [0.717, 1.165) is 12.1 Å². The first-order chi connectivity index (χ1) is 12.2. The standard InChI is InChI=1S/C17H20F3N3O3/c18-17(19,20)12-2-1-3-13(10-12)22-14(24)4-5-15(25)23-8-6-11(7-9-23)16(21)26/h1-3,10-11H,4-9H2,(H2,21,26)(H,22,24). The molecule has 0 unspecified atom stereocenters. The van der Waals surface area contributed by atoms with Crippen LogP contribution in [-0.2, 0) is 20.6 Å². The van der Waals surface area contributed by atoms with E-state index in [9.17, 15) is 27.6 Å². The van der Waals surface area contributed by atoms with Crippen molar-refractivity contribution < 1.29 is 27.6 Å². The molecular formula is C17H20F3N3O3. The highest BCUT2D eigenvalue weighted by Gasteiger charge is 2.30. The maximum absolute atomic E-state index is 12.7. The molecule has 1 saturated heterocycles. The third kappa shape index (κ3) is 5.47. The van der Waals surface area contributed by atoms with Crippen molar-refractivity contribution in [3.05, 3.63) is 29.8 Å². The molecule has 0 aliphatic carbocycles. The van der Waals surface area contributed by atoms with Crippen LogP contribution >= 0.6 is 0 Å². The Balaban J connectivity index is 1.80. The van der Waals surface area contributed by atoms with Crippen LogP contribution in [0.15, 0.2) is 24.3 Å². The minimum atomic E-state index is -4.49. The van der Waals surface area contributed by atoms with Gasteiger partial charge in [0.25, 0.3) is 0 Å². The van der Waals surface area contributed by atoms with Crippen LogP contribution in [0.3, 0.4) is 0 Å². The summed E-state index contributed by atoms with van der Waals surface area (Å²) in [5.74, 6) is -1.38. The van der Waals surface area contributed by atoms with Gasteiger partial charge in [-0.15, -0.1) is 0 Å². The number of amides is 3. The van der Waals surface area contributed by atoms with E-state index in [4.69, 9.17) is 5.73 Å². The third-order valence-electron chi connectivity index (χ3n) is 4.29. The summed E-state index contributed by atoms with van der Waals surface area (Å²) in [7, 11) is 0. The lowest BCUT2D eigenvalue weighted by Gasteiger charge is -2.30. The number of rotatable bonds is 5. The number of benzene rings is 1. The number of carbonyl (C=O) groups is 3. The first-order valence-corrected chi connectivity index (χ1v) is 8.21. The van der Waals surface area contributed by atoms with Gasteiger partial charge in [0, 0.05) is 37.5 Å². The van der Waals surface area contributed by atoms with E-state index in [1.54, 1.807) is 4.90 Å². The van der Waals surface area contributed by atoms with E-state index >= 15 is 0 Å². The lowest BCUT2D eigenvalue weighted by Crippen LogP contribution is -2.41. The van der Waals surface area contributed by atoms with Crippen molar-refractivity contribution in [3.8, 4) is 0 Å². The number of piperidine rings is 1. The van der Waals surface area contributed by atoms with Gasteiger partial charge in [-0.25, -0.2) is 0 Å². The third-order valence-corrected chi connectivity index (χ3v) is 4.29. The molecule has 0 radical (unpaired) electrons. The van der Waals surface area contributed by atoms with E-state index in [-0.39, 0.29) is 36.3 Å². The second-order valence-electron chi connectivity index (χ2n) is 6.18. The molecule has 142 valence electrons. The van der Waals surface area contributed by atoms with E-state index in [1.807, 2.05) is 0 Å². The lowest BCUT2D eigenvalue weighted by atomic mass is 9.96. The highest BCUT2D eigenvalue weighted by molar-refractivity contribution is 5.93. The maximum Gasteiger partial charge on any atom is 0.416 e. The summed E-state index contributed by atoms with van der Waals surface area (Å²) < 4.78 is 38.0. The first-order valence-electron chi connectivity index (χ1n) is 8.21. The topological polar surface area (TPSA) is 92.5 Å². The largest absolute Gasteiger partial charge is 0.416 e. The molecule has 3 amide bonds. The SMILES string of the molecule is NC(=O)C1CCN(C(=O)CCC(=O)Nc2cccc(C(F)(F)F)c2)CC1. The average Bonchev–Trinajstić information content (AvgIpc) is 2.59. The highest BCUT2D eigenvalue weighted by atomic mass is 19.4. The number of halogens is 3. The highest BCUT2D eigenvalue weighted by Crippen LogP contribution is 2.30. The van der Waals surface area contributed by atoms with E-state index < -0.39 is 17.6 Å². The number of anilines is 1. The summed E-state index contributed by atoms with van der Waals surface area (Å²) in [5, 5.41) is 2.36. The fourth-order valence-corrected chi connectivity index (χ4v) is 2.79.